The highest BCUT2D eigenvalue weighted by Gasteiger charge is 2.18. The minimum atomic E-state index is -3.43. The third-order valence-corrected chi connectivity index (χ3v) is 3.76. The molecule has 1 aliphatic heterocycles. The molecule has 1 aromatic rings. The Hall–Kier alpha value is -1.03. The lowest BCUT2D eigenvalue weighted by Gasteiger charge is -2.08. The van der Waals surface area contributed by atoms with Crippen LogP contribution in [0.5, 0.6) is 11.5 Å². The van der Waals surface area contributed by atoms with Gasteiger partial charge in [-0.2, -0.15) is 0 Å². The van der Waals surface area contributed by atoms with E-state index in [1.54, 1.807) is 6.07 Å². The lowest BCUT2D eigenvalue weighted by atomic mass is 10.1. The van der Waals surface area contributed by atoms with E-state index in [-0.39, 0.29) is 13.0 Å². The highest BCUT2D eigenvalue weighted by Crippen LogP contribution is 2.41. The van der Waals surface area contributed by atoms with Crippen LogP contribution in [0.15, 0.2) is 18.2 Å². The first kappa shape index (κ1) is 11.5. The van der Waals surface area contributed by atoms with Crippen molar-refractivity contribution in [3.05, 3.63) is 23.8 Å². The quantitative estimate of drug-likeness (QED) is 0.818. The van der Waals surface area contributed by atoms with E-state index in [1.807, 2.05) is 12.1 Å². The van der Waals surface area contributed by atoms with Crippen LogP contribution in [0.1, 0.15) is 5.56 Å². The molecule has 16 heavy (non-hydrogen) atoms. The van der Waals surface area contributed by atoms with Gasteiger partial charge in [-0.3, -0.25) is 4.57 Å². The van der Waals surface area contributed by atoms with E-state index < -0.39 is 7.60 Å². The summed E-state index contributed by atoms with van der Waals surface area (Å²) in [6, 6.07) is 5.47. The SMILES string of the molecule is COP(=O)(O)CCc1ccc2c(c1)OCO2. The molecule has 1 aromatic carbocycles. The first-order valence-electron chi connectivity index (χ1n) is 4.87. The number of hydrogen-bond acceptors (Lipinski definition) is 4. The molecule has 5 nitrogen and oxygen atoms in total. The molecular weight excluding hydrogens is 231 g/mol. The number of aryl methyl sites for hydroxylation is 1. The van der Waals surface area contributed by atoms with Gasteiger partial charge in [0, 0.05) is 7.11 Å². The van der Waals surface area contributed by atoms with Gasteiger partial charge in [0.15, 0.2) is 11.5 Å². The Bertz CT molecular complexity index is 431. The number of fused-ring (bicyclic) bond motifs is 1. The summed E-state index contributed by atoms with van der Waals surface area (Å²) in [7, 11) is -2.19. The standard InChI is InChI=1S/C10H13O5P/c1-13-16(11,12)5-4-8-2-3-9-10(6-8)15-7-14-9/h2-3,6H,4-5,7H2,1H3,(H,11,12). The van der Waals surface area contributed by atoms with E-state index in [1.165, 1.54) is 7.11 Å². The third-order valence-electron chi connectivity index (χ3n) is 2.41. The Morgan fingerprint density at radius 3 is 2.94 bits per heavy atom. The Morgan fingerprint density at radius 1 is 1.44 bits per heavy atom. The van der Waals surface area contributed by atoms with Crippen molar-refractivity contribution in [3.8, 4) is 11.5 Å². The van der Waals surface area contributed by atoms with Crippen LogP contribution in [-0.2, 0) is 15.5 Å². The molecule has 88 valence electrons. The van der Waals surface area contributed by atoms with E-state index >= 15 is 0 Å². The fraction of sp³-hybridized carbons (Fsp3) is 0.400. The zero-order valence-corrected chi connectivity index (χ0v) is 9.78. The Morgan fingerprint density at radius 2 is 2.19 bits per heavy atom. The second-order valence-corrected chi connectivity index (χ2v) is 5.57. The minimum Gasteiger partial charge on any atom is -0.454 e. The van der Waals surface area contributed by atoms with E-state index in [9.17, 15) is 9.46 Å². The van der Waals surface area contributed by atoms with Gasteiger partial charge >= 0.3 is 7.60 Å². The van der Waals surface area contributed by atoms with Gasteiger partial charge in [-0.15, -0.1) is 0 Å². The van der Waals surface area contributed by atoms with Crippen molar-refractivity contribution >= 4 is 7.60 Å². The normalized spacial score (nSPS) is 17.1. The van der Waals surface area contributed by atoms with Gasteiger partial charge in [-0.05, 0) is 24.1 Å². The van der Waals surface area contributed by atoms with Crippen molar-refractivity contribution in [2.45, 2.75) is 6.42 Å². The zero-order chi connectivity index (χ0) is 11.6. The van der Waals surface area contributed by atoms with Gasteiger partial charge < -0.3 is 18.9 Å². The van der Waals surface area contributed by atoms with Crippen LogP contribution >= 0.6 is 7.60 Å². The van der Waals surface area contributed by atoms with Crippen LogP contribution in [0.25, 0.3) is 0 Å². The van der Waals surface area contributed by atoms with Crippen LogP contribution in [-0.4, -0.2) is 25.0 Å². The van der Waals surface area contributed by atoms with E-state index in [2.05, 4.69) is 4.52 Å². The maximum atomic E-state index is 11.3. The third kappa shape index (κ3) is 2.55. The average molecular weight is 244 g/mol. The molecular formula is C10H13O5P. The van der Waals surface area contributed by atoms with Crippen molar-refractivity contribution in [2.75, 3.05) is 20.1 Å². The summed E-state index contributed by atoms with van der Waals surface area (Å²) in [5, 5.41) is 0. The maximum Gasteiger partial charge on any atom is 0.328 e. The van der Waals surface area contributed by atoms with E-state index in [0.29, 0.717) is 17.9 Å². The minimum absolute atomic E-state index is 0.100. The molecule has 0 amide bonds. The molecule has 0 saturated carbocycles. The molecule has 2 rings (SSSR count). The Labute approximate surface area is 93.5 Å². The highest BCUT2D eigenvalue weighted by molar-refractivity contribution is 7.52. The Balaban J connectivity index is 2.03. The van der Waals surface area contributed by atoms with Gasteiger partial charge in [-0.1, -0.05) is 6.07 Å². The molecule has 0 saturated heterocycles. The fourth-order valence-corrected chi connectivity index (χ4v) is 2.18. The second-order valence-electron chi connectivity index (χ2n) is 3.48. The van der Waals surface area contributed by atoms with Gasteiger partial charge in [0.05, 0.1) is 6.16 Å². The number of ether oxygens (including phenoxy) is 2. The summed E-state index contributed by atoms with van der Waals surface area (Å²) in [6.07, 6.45) is 0.571. The largest absolute Gasteiger partial charge is 0.454 e. The zero-order valence-electron chi connectivity index (χ0n) is 8.88. The molecule has 0 fully saturated rings. The van der Waals surface area contributed by atoms with Gasteiger partial charge in [0.2, 0.25) is 6.79 Å². The summed E-state index contributed by atoms with van der Waals surface area (Å²) < 4.78 is 26.2. The van der Waals surface area contributed by atoms with Crippen molar-refractivity contribution < 1.29 is 23.5 Å². The van der Waals surface area contributed by atoms with E-state index in [4.69, 9.17) is 9.47 Å². The maximum absolute atomic E-state index is 11.3. The topological polar surface area (TPSA) is 65.0 Å². The first-order valence-corrected chi connectivity index (χ1v) is 6.63. The second kappa shape index (κ2) is 4.45. The Kier molecular flexibility index (Phi) is 3.19. The number of hydrogen-bond donors (Lipinski definition) is 1. The number of benzene rings is 1. The first-order chi connectivity index (χ1) is 7.61. The van der Waals surface area contributed by atoms with E-state index in [0.717, 1.165) is 5.56 Å². The summed E-state index contributed by atoms with van der Waals surface area (Å²) in [4.78, 5) is 9.26. The number of rotatable bonds is 4. The molecule has 0 bridgehead atoms. The molecule has 1 heterocycles. The monoisotopic (exact) mass is 244 g/mol. The molecule has 1 unspecified atom stereocenters. The molecule has 6 heteroatoms. The smallest absolute Gasteiger partial charge is 0.328 e. The summed E-state index contributed by atoms with van der Waals surface area (Å²) in [5.74, 6) is 1.39. The van der Waals surface area contributed by atoms with Crippen LogP contribution in [0.4, 0.5) is 0 Å². The summed E-state index contributed by atoms with van der Waals surface area (Å²) in [6.45, 7) is 0.231. The van der Waals surface area contributed by atoms with Crippen molar-refractivity contribution in [2.24, 2.45) is 0 Å². The average Bonchev–Trinajstić information content (AvgIpc) is 2.73. The van der Waals surface area contributed by atoms with Gasteiger partial charge in [0.25, 0.3) is 0 Å². The molecule has 1 atom stereocenters. The summed E-state index contributed by atoms with van der Waals surface area (Å²) >= 11 is 0. The van der Waals surface area contributed by atoms with Crippen molar-refractivity contribution in [1.29, 1.82) is 0 Å². The summed E-state index contributed by atoms with van der Waals surface area (Å²) in [5.41, 5.74) is 0.926. The fourth-order valence-electron chi connectivity index (χ4n) is 1.46. The van der Waals surface area contributed by atoms with Crippen LogP contribution in [0.3, 0.4) is 0 Å². The van der Waals surface area contributed by atoms with Gasteiger partial charge in [-0.25, -0.2) is 0 Å². The molecule has 1 aliphatic rings. The van der Waals surface area contributed by atoms with Crippen LogP contribution in [0.2, 0.25) is 0 Å². The molecule has 0 aromatic heterocycles. The highest BCUT2D eigenvalue weighted by atomic mass is 31.2. The molecule has 0 radical (unpaired) electrons. The molecule has 1 N–H and O–H groups in total. The molecule has 0 spiro atoms. The van der Waals surface area contributed by atoms with Gasteiger partial charge in [0.1, 0.15) is 0 Å². The predicted molar refractivity (Wildman–Crippen MR) is 58.0 cm³/mol. The van der Waals surface area contributed by atoms with Crippen LogP contribution in [0, 0.1) is 0 Å². The van der Waals surface area contributed by atoms with Crippen LogP contribution < -0.4 is 9.47 Å². The lowest BCUT2D eigenvalue weighted by molar-refractivity contribution is 0.174. The van der Waals surface area contributed by atoms with Crippen molar-refractivity contribution in [3.63, 3.8) is 0 Å². The lowest BCUT2D eigenvalue weighted by Crippen LogP contribution is -1.96. The predicted octanol–water partition coefficient (Wildman–Crippen LogP) is 1.79. The molecule has 0 aliphatic carbocycles. The van der Waals surface area contributed by atoms with Crippen molar-refractivity contribution in [1.82, 2.24) is 0 Å².